The van der Waals surface area contributed by atoms with Crippen molar-refractivity contribution in [3.63, 3.8) is 0 Å². The minimum atomic E-state index is -0.843. The molecule has 2 rings (SSSR count). The van der Waals surface area contributed by atoms with Gasteiger partial charge in [-0.05, 0) is 32.4 Å². The first-order valence-electron chi connectivity index (χ1n) is 7.87. The van der Waals surface area contributed by atoms with Gasteiger partial charge in [0.1, 0.15) is 0 Å². The third-order valence-corrected chi connectivity index (χ3v) is 4.65. The molecule has 6 nitrogen and oxygen atoms in total. The van der Waals surface area contributed by atoms with Crippen molar-refractivity contribution in [1.29, 1.82) is 0 Å². The van der Waals surface area contributed by atoms with E-state index in [1.807, 2.05) is 44.3 Å². The number of nitrogens with zero attached hydrogens (tertiary/aromatic N) is 2. The molecule has 0 bridgehead atoms. The maximum atomic E-state index is 12.2. The summed E-state index contributed by atoms with van der Waals surface area (Å²) < 4.78 is 0. The first kappa shape index (κ1) is 17.1. The first-order chi connectivity index (χ1) is 10.8. The summed E-state index contributed by atoms with van der Waals surface area (Å²) in [5.74, 6) is -0.843. The highest BCUT2D eigenvalue weighted by Crippen LogP contribution is 2.29. The van der Waals surface area contributed by atoms with Gasteiger partial charge in [0.15, 0.2) is 0 Å². The maximum absolute atomic E-state index is 12.2. The molecule has 0 aliphatic carbocycles. The quantitative estimate of drug-likeness (QED) is 0.871. The fraction of sp³-hybridized carbons (Fsp3) is 0.529. The SMILES string of the molecule is CC(CNC(=O)N1CCC(C)(C(=O)O)C1)N(C)c1ccccc1. The second kappa shape index (κ2) is 6.89. The lowest BCUT2D eigenvalue weighted by Crippen LogP contribution is -2.46. The van der Waals surface area contributed by atoms with Crippen molar-refractivity contribution < 1.29 is 14.7 Å². The molecule has 2 unspecified atom stereocenters. The average Bonchev–Trinajstić information content (AvgIpc) is 2.96. The molecule has 0 aromatic heterocycles. The van der Waals surface area contributed by atoms with Crippen LogP contribution in [0.15, 0.2) is 30.3 Å². The predicted molar refractivity (Wildman–Crippen MR) is 89.6 cm³/mol. The van der Waals surface area contributed by atoms with Crippen LogP contribution in [0.2, 0.25) is 0 Å². The summed E-state index contributed by atoms with van der Waals surface area (Å²) >= 11 is 0. The second-order valence-electron chi connectivity index (χ2n) is 6.52. The van der Waals surface area contributed by atoms with Gasteiger partial charge in [0.2, 0.25) is 0 Å². The number of carboxylic acid groups (broad SMARTS) is 1. The van der Waals surface area contributed by atoms with E-state index in [-0.39, 0.29) is 18.6 Å². The molecule has 2 amide bonds. The van der Waals surface area contributed by atoms with Gasteiger partial charge >= 0.3 is 12.0 Å². The number of urea groups is 1. The zero-order valence-electron chi connectivity index (χ0n) is 14.0. The summed E-state index contributed by atoms with van der Waals surface area (Å²) in [4.78, 5) is 27.2. The van der Waals surface area contributed by atoms with E-state index in [1.165, 1.54) is 0 Å². The Morgan fingerprint density at radius 1 is 1.39 bits per heavy atom. The number of carbonyl (C=O) groups is 2. The molecule has 1 saturated heterocycles. The van der Waals surface area contributed by atoms with Crippen molar-refractivity contribution >= 4 is 17.7 Å². The minimum Gasteiger partial charge on any atom is -0.481 e. The molecule has 2 N–H and O–H groups in total. The zero-order chi connectivity index (χ0) is 17.0. The zero-order valence-corrected chi connectivity index (χ0v) is 14.0. The summed E-state index contributed by atoms with van der Waals surface area (Å²) in [5.41, 5.74) is 0.262. The van der Waals surface area contributed by atoms with Crippen LogP contribution in [0.3, 0.4) is 0 Å². The Bertz CT molecular complexity index is 563. The van der Waals surface area contributed by atoms with Crippen LogP contribution < -0.4 is 10.2 Å². The number of carbonyl (C=O) groups excluding carboxylic acids is 1. The van der Waals surface area contributed by atoms with Crippen molar-refractivity contribution in [3.8, 4) is 0 Å². The number of amides is 2. The van der Waals surface area contributed by atoms with Crippen LogP contribution in [0.5, 0.6) is 0 Å². The number of hydrogen-bond donors (Lipinski definition) is 2. The summed E-state index contributed by atoms with van der Waals surface area (Å²) in [6.07, 6.45) is 0.495. The van der Waals surface area contributed by atoms with Crippen molar-refractivity contribution in [1.82, 2.24) is 10.2 Å². The lowest BCUT2D eigenvalue weighted by Gasteiger charge is -2.28. The van der Waals surface area contributed by atoms with Gasteiger partial charge in [0.25, 0.3) is 0 Å². The third-order valence-electron chi connectivity index (χ3n) is 4.65. The van der Waals surface area contributed by atoms with Gasteiger partial charge in [-0.1, -0.05) is 18.2 Å². The van der Waals surface area contributed by atoms with Crippen LogP contribution in [0, 0.1) is 5.41 Å². The number of aliphatic carboxylic acids is 1. The van der Waals surface area contributed by atoms with Crippen molar-refractivity contribution in [2.24, 2.45) is 5.41 Å². The van der Waals surface area contributed by atoms with E-state index in [2.05, 4.69) is 10.2 Å². The van der Waals surface area contributed by atoms with E-state index in [1.54, 1.807) is 11.8 Å². The van der Waals surface area contributed by atoms with E-state index < -0.39 is 11.4 Å². The van der Waals surface area contributed by atoms with Crippen LogP contribution in [-0.2, 0) is 4.79 Å². The minimum absolute atomic E-state index is 0.134. The molecule has 1 aromatic carbocycles. The van der Waals surface area contributed by atoms with Gasteiger partial charge in [-0.3, -0.25) is 4.79 Å². The number of rotatable bonds is 5. The lowest BCUT2D eigenvalue weighted by molar-refractivity contribution is -0.146. The topological polar surface area (TPSA) is 72.9 Å². The molecule has 1 aromatic rings. The number of likely N-dealkylation sites (N-methyl/N-ethyl adjacent to an activating group) is 1. The molecule has 2 atom stereocenters. The smallest absolute Gasteiger partial charge is 0.317 e. The van der Waals surface area contributed by atoms with Crippen LogP contribution >= 0.6 is 0 Å². The second-order valence-corrected chi connectivity index (χ2v) is 6.52. The van der Waals surface area contributed by atoms with Crippen LogP contribution in [0.4, 0.5) is 10.5 Å². The fourth-order valence-corrected chi connectivity index (χ4v) is 2.71. The number of para-hydroxylation sites is 1. The van der Waals surface area contributed by atoms with E-state index >= 15 is 0 Å². The number of anilines is 1. The molecule has 0 radical (unpaired) electrons. The standard InChI is InChI=1S/C17H25N3O3/c1-13(19(3)14-7-5-4-6-8-14)11-18-16(23)20-10-9-17(2,12-20)15(21)22/h4-8,13H,9-12H2,1-3H3,(H,18,23)(H,21,22). The molecule has 1 aliphatic heterocycles. The molecule has 126 valence electrons. The van der Waals surface area contributed by atoms with Gasteiger partial charge in [0, 0.05) is 38.4 Å². The van der Waals surface area contributed by atoms with Gasteiger partial charge in [0.05, 0.1) is 5.41 Å². The van der Waals surface area contributed by atoms with E-state index in [0.717, 1.165) is 5.69 Å². The lowest BCUT2D eigenvalue weighted by atomic mass is 9.90. The molecular formula is C17H25N3O3. The van der Waals surface area contributed by atoms with Crippen LogP contribution in [0.25, 0.3) is 0 Å². The van der Waals surface area contributed by atoms with Gasteiger partial charge in [-0.15, -0.1) is 0 Å². The highest BCUT2D eigenvalue weighted by Gasteiger charge is 2.42. The fourth-order valence-electron chi connectivity index (χ4n) is 2.71. The van der Waals surface area contributed by atoms with Crippen LogP contribution in [0.1, 0.15) is 20.3 Å². The van der Waals surface area contributed by atoms with Gasteiger partial charge in [-0.25, -0.2) is 4.79 Å². The molecule has 0 saturated carbocycles. The van der Waals surface area contributed by atoms with Gasteiger partial charge in [-0.2, -0.15) is 0 Å². The Kier molecular flexibility index (Phi) is 5.13. The maximum Gasteiger partial charge on any atom is 0.317 e. The molecule has 0 spiro atoms. The summed E-state index contributed by atoms with van der Waals surface area (Å²) in [7, 11) is 1.99. The highest BCUT2D eigenvalue weighted by molar-refractivity contribution is 5.79. The monoisotopic (exact) mass is 319 g/mol. The third kappa shape index (κ3) is 3.94. The molecule has 23 heavy (non-hydrogen) atoms. The van der Waals surface area contributed by atoms with Gasteiger partial charge < -0.3 is 20.2 Å². The molecule has 6 heteroatoms. The largest absolute Gasteiger partial charge is 0.481 e. The Labute approximate surface area is 137 Å². The van der Waals surface area contributed by atoms with E-state index in [0.29, 0.717) is 19.5 Å². The Balaban J connectivity index is 1.84. The molecule has 1 fully saturated rings. The normalized spacial score (nSPS) is 21.8. The van der Waals surface area contributed by atoms with Crippen LogP contribution in [-0.4, -0.2) is 54.7 Å². The average molecular weight is 319 g/mol. The molecule has 1 aliphatic rings. The van der Waals surface area contributed by atoms with E-state index in [4.69, 9.17) is 0 Å². The molecular weight excluding hydrogens is 294 g/mol. The summed E-state index contributed by atoms with van der Waals surface area (Å²) in [5, 5.41) is 12.1. The number of carboxylic acids is 1. The predicted octanol–water partition coefficient (Wildman–Crippen LogP) is 2.02. The number of hydrogen-bond acceptors (Lipinski definition) is 3. The summed E-state index contributed by atoms with van der Waals surface area (Å²) in [6.45, 7) is 4.98. The van der Waals surface area contributed by atoms with Crippen molar-refractivity contribution in [2.45, 2.75) is 26.3 Å². The van der Waals surface area contributed by atoms with E-state index in [9.17, 15) is 14.7 Å². The first-order valence-corrected chi connectivity index (χ1v) is 7.87. The Morgan fingerprint density at radius 2 is 2.04 bits per heavy atom. The molecule has 1 heterocycles. The van der Waals surface area contributed by atoms with Crippen molar-refractivity contribution in [3.05, 3.63) is 30.3 Å². The number of likely N-dealkylation sites (tertiary alicyclic amines) is 1. The van der Waals surface area contributed by atoms with Crippen molar-refractivity contribution in [2.75, 3.05) is 31.6 Å². The summed E-state index contributed by atoms with van der Waals surface area (Å²) in [6, 6.07) is 9.92. The highest BCUT2D eigenvalue weighted by atomic mass is 16.4. The Morgan fingerprint density at radius 3 is 2.61 bits per heavy atom. The number of nitrogens with one attached hydrogen (secondary N) is 1. The number of benzene rings is 1. The Hall–Kier alpha value is -2.24.